The Morgan fingerprint density at radius 2 is 1.89 bits per heavy atom. The molecule has 0 heterocycles. The maximum absolute atomic E-state index is 10.5. The van der Waals surface area contributed by atoms with E-state index in [0.29, 0.717) is 0 Å². The summed E-state index contributed by atoms with van der Waals surface area (Å²) in [5.41, 5.74) is 9.20. The molecule has 19 heavy (non-hydrogen) atoms. The molecule has 4 N–H and O–H groups in total. The third-order valence-electron chi connectivity index (χ3n) is 2.00. The van der Waals surface area contributed by atoms with Crippen LogP contribution in [0.3, 0.4) is 0 Å². The lowest BCUT2D eigenvalue weighted by atomic mass is 10.1. The number of amides is 1. The van der Waals surface area contributed by atoms with Crippen LogP contribution in [0, 0.1) is 0 Å². The van der Waals surface area contributed by atoms with Gasteiger partial charge in [0.1, 0.15) is 0 Å². The zero-order chi connectivity index (χ0) is 14.7. The molecule has 0 atom stereocenters. The number of hydrogen-bond donors (Lipinski definition) is 3. The highest BCUT2D eigenvalue weighted by molar-refractivity contribution is 5.81. The van der Waals surface area contributed by atoms with Gasteiger partial charge in [-0.1, -0.05) is 31.2 Å². The normalized spacial score (nSPS) is 9.63. The second-order valence-electron chi connectivity index (χ2n) is 3.62. The number of rotatable bonds is 4. The van der Waals surface area contributed by atoms with Gasteiger partial charge in [0.15, 0.2) is 0 Å². The van der Waals surface area contributed by atoms with Crippen molar-refractivity contribution in [3.8, 4) is 0 Å². The molecule has 0 spiro atoms. The van der Waals surface area contributed by atoms with Crippen molar-refractivity contribution in [2.24, 2.45) is 10.8 Å². The molecule has 1 rings (SSSR count). The van der Waals surface area contributed by atoms with Gasteiger partial charge in [-0.25, -0.2) is 5.43 Å². The van der Waals surface area contributed by atoms with E-state index in [9.17, 15) is 9.59 Å². The highest BCUT2D eigenvalue weighted by Crippen LogP contribution is 2.02. The number of nitrogens with zero attached hydrogens (tertiary/aromatic N) is 1. The number of aryl methyl sites for hydroxylation is 1. The van der Waals surface area contributed by atoms with E-state index < -0.39 is 5.97 Å². The first-order valence-electron chi connectivity index (χ1n) is 5.80. The Balaban J connectivity index is 0.000000555. The number of hydrazone groups is 1. The van der Waals surface area contributed by atoms with Crippen molar-refractivity contribution < 1.29 is 14.7 Å². The molecular weight excluding hydrogens is 246 g/mol. The van der Waals surface area contributed by atoms with Crippen LogP contribution >= 0.6 is 0 Å². The number of carbonyl (C=O) groups excluding carboxylic acids is 1. The van der Waals surface area contributed by atoms with Gasteiger partial charge in [0.2, 0.25) is 5.91 Å². The molecule has 0 bridgehead atoms. The first-order chi connectivity index (χ1) is 8.99. The fraction of sp³-hybridized carbons (Fsp3) is 0.308. The number of nitrogens with one attached hydrogen (secondary N) is 1. The van der Waals surface area contributed by atoms with E-state index in [2.05, 4.69) is 35.3 Å². The molecule has 0 aromatic heterocycles. The quantitative estimate of drug-likeness (QED) is 0.551. The summed E-state index contributed by atoms with van der Waals surface area (Å²) in [6.45, 7) is 3.26. The van der Waals surface area contributed by atoms with Crippen molar-refractivity contribution >= 4 is 18.1 Å². The van der Waals surface area contributed by atoms with E-state index in [1.807, 2.05) is 12.1 Å². The minimum atomic E-state index is -0.968. The molecule has 6 heteroatoms. The van der Waals surface area contributed by atoms with Crippen LogP contribution in [0.15, 0.2) is 29.4 Å². The zero-order valence-electron chi connectivity index (χ0n) is 11.1. The number of carboxylic acids is 1. The van der Waals surface area contributed by atoms with Gasteiger partial charge in [0, 0.05) is 6.92 Å². The fourth-order valence-electron chi connectivity index (χ4n) is 1.04. The van der Waals surface area contributed by atoms with Crippen LogP contribution < -0.4 is 11.2 Å². The van der Waals surface area contributed by atoms with Crippen molar-refractivity contribution in [2.45, 2.75) is 20.3 Å². The van der Waals surface area contributed by atoms with Crippen molar-refractivity contribution in [3.63, 3.8) is 0 Å². The minimum absolute atomic E-state index is 0.161. The number of hydrogen-bond acceptors (Lipinski definition) is 4. The summed E-state index contributed by atoms with van der Waals surface area (Å²) in [5, 5.41) is 11.4. The van der Waals surface area contributed by atoms with Crippen molar-refractivity contribution in [2.75, 3.05) is 6.54 Å². The third-order valence-corrected chi connectivity index (χ3v) is 2.00. The van der Waals surface area contributed by atoms with Crippen LogP contribution in [0.25, 0.3) is 0 Å². The molecule has 6 nitrogen and oxygen atoms in total. The van der Waals surface area contributed by atoms with Gasteiger partial charge < -0.3 is 10.8 Å². The first-order valence-corrected chi connectivity index (χ1v) is 5.80. The number of carbonyl (C=O) groups is 2. The van der Waals surface area contributed by atoms with E-state index in [1.165, 1.54) is 12.5 Å². The third kappa shape index (κ3) is 9.49. The van der Waals surface area contributed by atoms with Crippen molar-refractivity contribution in [1.29, 1.82) is 0 Å². The second kappa shape index (κ2) is 9.78. The Bertz CT molecular complexity index is 427. The maximum atomic E-state index is 10.5. The predicted octanol–water partition coefficient (Wildman–Crippen LogP) is 0.749. The molecular formula is C13H19N3O3. The lowest BCUT2D eigenvalue weighted by Gasteiger charge is -1.96. The fourth-order valence-corrected chi connectivity index (χ4v) is 1.04. The topological polar surface area (TPSA) is 105 Å². The molecule has 104 valence electrons. The van der Waals surface area contributed by atoms with E-state index in [4.69, 9.17) is 5.11 Å². The average molecular weight is 265 g/mol. The van der Waals surface area contributed by atoms with Gasteiger partial charge in [-0.15, -0.1) is 0 Å². The Kier molecular flexibility index (Phi) is 8.64. The van der Waals surface area contributed by atoms with Gasteiger partial charge in [0.05, 0.1) is 12.8 Å². The van der Waals surface area contributed by atoms with Crippen molar-refractivity contribution in [1.82, 2.24) is 5.43 Å². The van der Waals surface area contributed by atoms with Gasteiger partial charge in [-0.3, -0.25) is 9.59 Å². The Morgan fingerprint density at radius 3 is 2.26 bits per heavy atom. The van der Waals surface area contributed by atoms with E-state index >= 15 is 0 Å². The zero-order valence-corrected chi connectivity index (χ0v) is 11.1. The Hall–Kier alpha value is -2.21. The van der Waals surface area contributed by atoms with E-state index in [1.54, 1.807) is 6.21 Å². The maximum Gasteiger partial charge on any atom is 0.317 e. The molecule has 0 saturated heterocycles. The number of benzene rings is 1. The first kappa shape index (κ1) is 16.8. The molecule has 0 fully saturated rings. The molecule has 0 radical (unpaired) electrons. The summed E-state index contributed by atoms with van der Waals surface area (Å²) in [6, 6.07) is 8.05. The molecule has 1 aromatic carbocycles. The number of aliphatic carboxylic acids is 1. The summed E-state index contributed by atoms with van der Waals surface area (Å²) in [6.07, 6.45) is 2.66. The molecule has 0 unspecified atom stereocenters. The van der Waals surface area contributed by atoms with Crippen LogP contribution in [0.2, 0.25) is 0 Å². The van der Waals surface area contributed by atoms with Crippen LogP contribution in [-0.4, -0.2) is 29.7 Å². The number of nitrogens with two attached hydrogens (primary N) is 1. The Morgan fingerprint density at radius 1 is 1.37 bits per heavy atom. The largest absolute Gasteiger partial charge is 0.480 e. The van der Waals surface area contributed by atoms with E-state index in [-0.39, 0.29) is 12.5 Å². The summed E-state index contributed by atoms with van der Waals surface area (Å²) in [7, 11) is 0. The molecule has 0 saturated carbocycles. The smallest absolute Gasteiger partial charge is 0.317 e. The van der Waals surface area contributed by atoms with Crippen LogP contribution in [0.4, 0.5) is 0 Å². The molecule has 0 aliphatic rings. The van der Waals surface area contributed by atoms with Crippen LogP contribution in [0.5, 0.6) is 0 Å². The monoisotopic (exact) mass is 265 g/mol. The van der Waals surface area contributed by atoms with E-state index in [0.717, 1.165) is 12.0 Å². The van der Waals surface area contributed by atoms with Gasteiger partial charge in [-0.2, -0.15) is 5.10 Å². The second-order valence-corrected chi connectivity index (χ2v) is 3.62. The summed E-state index contributed by atoms with van der Waals surface area (Å²) in [5.74, 6) is -1.13. The van der Waals surface area contributed by atoms with Crippen molar-refractivity contribution in [3.05, 3.63) is 35.4 Å². The van der Waals surface area contributed by atoms with Crippen LogP contribution in [-0.2, 0) is 16.0 Å². The van der Waals surface area contributed by atoms with Gasteiger partial charge >= 0.3 is 5.97 Å². The summed E-state index contributed by atoms with van der Waals surface area (Å²) < 4.78 is 0. The minimum Gasteiger partial charge on any atom is -0.480 e. The summed E-state index contributed by atoms with van der Waals surface area (Å²) in [4.78, 5) is 19.8. The summed E-state index contributed by atoms with van der Waals surface area (Å²) >= 11 is 0. The lowest BCUT2D eigenvalue weighted by Crippen LogP contribution is -2.12. The SMILES string of the molecule is CCc1ccc(/C=N/NC(C)=O)cc1.NCC(=O)O. The van der Waals surface area contributed by atoms with Gasteiger partial charge in [0.25, 0.3) is 0 Å². The van der Waals surface area contributed by atoms with Gasteiger partial charge in [-0.05, 0) is 17.5 Å². The van der Waals surface area contributed by atoms with Crippen LogP contribution in [0.1, 0.15) is 25.0 Å². The standard InChI is InChI=1S/C11H14N2O.C2H5NO2/c1-3-10-4-6-11(7-5-10)8-12-13-9(2)14;3-1-2(4)5/h4-8H,3H2,1-2H3,(H,13,14);1,3H2,(H,4,5)/b12-8+;. The highest BCUT2D eigenvalue weighted by atomic mass is 16.4. The average Bonchev–Trinajstić information content (AvgIpc) is 2.40. The number of carboxylic acid groups (broad SMARTS) is 1. The lowest BCUT2D eigenvalue weighted by molar-refractivity contribution is -0.135. The predicted molar refractivity (Wildman–Crippen MR) is 73.9 cm³/mol. The molecule has 1 amide bonds. The highest BCUT2D eigenvalue weighted by Gasteiger charge is 1.89. The molecule has 0 aliphatic carbocycles. The molecule has 0 aliphatic heterocycles. The Labute approximate surface area is 112 Å². The molecule has 1 aromatic rings.